The molecule has 2 aliphatic rings. The van der Waals surface area contributed by atoms with Crippen LogP contribution in [0.2, 0.25) is 0 Å². The van der Waals surface area contributed by atoms with Crippen LogP contribution >= 0.6 is 0 Å². The van der Waals surface area contributed by atoms with Gasteiger partial charge in [-0.25, -0.2) is 4.79 Å². The van der Waals surface area contributed by atoms with Gasteiger partial charge in [-0.1, -0.05) is 0 Å². The van der Waals surface area contributed by atoms with Gasteiger partial charge in [-0.3, -0.25) is 19.3 Å². The van der Waals surface area contributed by atoms with E-state index in [4.69, 9.17) is 4.74 Å². The van der Waals surface area contributed by atoms with Crippen molar-refractivity contribution in [2.75, 3.05) is 0 Å². The van der Waals surface area contributed by atoms with Gasteiger partial charge < -0.3 is 14.9 Å². The van der Waals surface area contributed by atoms with Gasteiger partial charge in [-0.15, -0.1) is 0 Å². The maximum Gasteiger partial charge on any atom is 0.330 e. The van der Waals surface area contributed by atoms with Crippen molar-refractivity contribution in [1.29, 1.82) is 0 Å². The molecule has 0 aromatic carbocycles. The summed E-state index contributed by atoms with van der Waals surface area (Å²) >= 11 is 0. The van der Waals surface area contributed by atoms with Gasteiger partial charge in [0.05, 0.1) is 6.04 Å². The fourth-order valence-electron chi connectivity index (χ4n) is 2.71. The van der Waals surface area contributed by atoms with E-state index in [1.807, 2.05) is 0 Å². The standard InChI is InChI=1S/C12H15N3O5/c1-5-4-15(11(19)14-9(5)18)10-7(16)8(17)12(20-10)3-6(12)13-2/h4,6-8,10,16-17H,2-3H2,1H3,(H,14,18,19)/t6-,7-,8+,10-,12?/m1/s1. The number of aromatic amines is 1. The van der Waals surface area contributed by atoms with Gasteiger partial charge >= 0.3 is 5.69 Å². The van der Waals surface area contributed by atoms with Crippen LogP contribution in [-0.4, -0.2) is 50.3 Å². The van der Waals surface area contributed by atoms with Crippen molar-refractivity contribution in [3.8, 4) is 0 Å². The predicted molar refractivity (Wildman–Crippen MR) is 68.9 cm³/mol. The minimum Gasteiger partial charge on any atom is -0.387 e. The van der Waals surface area contributed by atoms with Crippen molar-refractivity contribution in [2.24, 2.45) is 4.99 Å². The molecule has 1 saturated heterocycles. The summed E-state index contributed by atoms with van der Waals surface area (Å²) in [6.45, 7) is 4.94. The van der Waals surface area contributed by atoms with E-state index in [9.17, 15) is 19.8 Å². The number of hydrogen-bond donors (Lipinski definition) is 3. The zero-order valence-electron chi connectivity index (χ0n) is 10.8. The fourth-order valence-corrected chi connectivity index (χ4v) is 2.71. The molecule has 1 spiro atoms. The van der Waals surface area contributed by atoms with Crippen LogP contribution < -0.4 is 11.2 Å². The molecule has 0 radical (unpaired) electrons. The number of nitrogens with one attached hydrogen (secondary N) is 1. The molecular weight excluding hydrogens is 266 g/mol. The summed E-state index contributed by atoms with van der Waals surface area (Å²) in [6.07, 6.45) is -1.73. The molecule has 20 heavy (non-hydrogen) atoms. The zero-order chi connectivity index (χ0) is 14.7. The van der Waals surface area contributed by atoms with Crippen molar-refractivity contribution < 1.29 is 14.9 Å². The van der Waals surface area contributed by atoms with Gasteiger partial charge in [-0.2, -0.15) is 0 Å². The van der Waals surface area contributed by atoms with Gasteiger partial charge in [0.15, 0.2) is 6.23 Å². The molecule has 1 aliphatic heterocycles. The highest BCUT2D eigenvalue weighted by Crippen LogP contribution is 2.54. The van der Waals surface area contributed by atoms with Gasteiger partial charge in [0, 0.05) is 18.2 Å². The molecule has 8 heteroatoms. The Morgan fingerprint density at radius 2 is 2.25 bits per heavy atom. The number of H-pyrrole nitrogens is 1. The van der Waals surface area contributed by atoms with E-state index in [0.717, 1.165) is 4.57 Å². The lowest BCUT2D eigenvalue weighted by molar-refractivity contribution is -0.0526. The lowest BCUT2D eigenvalue weighted by atomic mass is 10.1. The molecule has 1 aromatic rings. The molecule has 1 saturated carbocycles. The number of aliphatic imine (C=N–C) groups is 1. The van der Waals surface area contributed by atoms with Gasteiger partial charge in [0.1, 0.15) is 17.8 Å². The average molecular weight is 281 g/mol. The van der Waals surface area contributed by atoms with E-state index in [1.165, 1.54) is 13.1 Å². The summed E-state index contributed by atoms with van der Waals surface area (Å²) < 4.78 is 6.74. The number of nitrogens with zero attached hydrogens (tertiary/aromatic N) is 2. The number of aliphatic hydroxyl groups is 2. The van der Waals surface area contributed by atoms with Crippen molar-refractivity contribution in [3.05, 3.63) is 32.6 Å². The van der Waals surface area contributed by atoms with Gasteiger partial charge in [0.25, 0.3) is 5.56 Å². The molecular formula is C12H15N3O5. The Hall–Kier alpha value is -1.77. The van der Waals surface area contributed by atoms with Crippen LogP contribution in [0.15, 0.2) is 20.8 Å². The average Bonchev–Trinajstić information content (AvgIpc) is 3.07. The molecule has 0 amide bonds. The normalized spacial score (nSPS) is 39.1. The van der Waals surface area contributed by atoms with Crippen LogP contribution in [0.4, 0.5) is 0 Å². The Morgan fingerprint density at radius 3 is 2.85 bits per heavy atom. The molecule has 5 atom stereocenters. The maximum atomic E-state index is 11.8. The third kappa shape index (κ3) is 1.62. The van der Waals surface area contributed by atoms with Crippen LogP contribution in [0, 0.1) is 6.92 Å². The molecule has 108 valence electrons. The first-order valence-electron chi connectivity index (χ1n) is 6.22. The highest BCUT2D eigenvalue weighted by molar-refractivity contribution is 5.31. The van der Waals surface area contributed by atoms with Crippen molar-refractivity contribution in [1.82, 2.24) is 9.55 Å². The van der Waals surface area contributed by atoms with E-state index in [2.05, 4.69) is 16.7 Å². The Kier molecular flexibility index (Phi) is 2.72. The molecule has 8 nitrogen and oxygen atoms in total. The Labute approximate surface area is 113 Å². The van der Waals surface area contributed by atoms with E-state index < -0.39 is 35.3 Å². The molecule has 2 fully saturated rings. The van der Waals surface area contributed by atoms with E-state index in [-0.39, 0.29) is 6.04 Å². The first kappa shape index (κ1) is 13.2. The Balaban J connectivity index is 2.00. The summed E-state index contributed by atoms with van der Waals surface area (Å²) in [5, 5.41) is 20.2. The molecule has 3 N–H and O–H groups in total. The maximum absolute atomic E-state index is 11.8. The fraction of sp³-hybridized carbons (Fsp3) is 0.583. The van der Waals surface area contributed by atoms with Crippen LogP contribution in [-0.2, 0) is 4.74 Å². The number of ether oxygens (including phenoxy) is 1. The highest BCUT2D eigenvalue weighted by Gasteiger charge is 2.69. The van der Waals surface area contributed by atoms with Crippen LogP contribution in [0.1, 0.15) is 18.2 Å². The second kappa shape index (κ2) is 4.11. The van der Waals surface area contributed by atoms with Crippen LogP contribution in [0.5, 0.6) is 0 Å². The number of aryl methyl sites for hydroxylation is 1. The number of rotatable bonds is 2. The quantitative estimate of drug-likeness (QED) is 0.559. The molecule has 2 heterocycles. The van der Waals surface area contributed by atoms with Gasteiger partial charge in [-0.05, 0) is 13.6 Å². The molecule has 3 rings (SSSR count). The van der Waals surface area contributed by atoms with Crippen molar-refractivity contribution >= 4 is 6.72 Å². The Morgan fingerprint density at radius 1 is 1.55 bits per heavy atom. The number of aromatic nitrogens is 2. The summed E-state index contributed by atoms with van der Waals surface area (Å²) in [4.78, 5) is 29.1. The predicted octanol–water partition coefficient (Wildman–Crippen LogP) is -1.69. The SMILES string of the molecule is C=N[C@@H]1CC12O[C@@H](n1cc(C)c(=O)[nH]c1=O)[C@H](O)[C@@H]2O. The summed E-state index contributed by atoms with van der Waals surface area (Å²) in [7, 11) is 0. The lowest BCUT2D eigenvalue weighted by Crippen LogP contribution is -2.38. The first-order valence-corrected chi connectivity index (χ1v) is 6.22. The minimum atomic E-state index is -1.27. The summed E-state index contributed by atoms with van der Waals surface area (Å²) in [5.41, 5.74) is -1.86. The summed E-state index contributed by atoms with van der Waals surface area (Å²) in [5.74, 6) is 0. The van der Waals surface area contributed by atoms with E-state index in [1.54, 1.807) is 0 Å². The third-order valence-electron chi connectivity index (χ3n) is 4.01. The molecule has 1 unspecified atom stereocenters. The van der Waals surface area contributed by atoms with E-state index in [0.29, 0.717) is 12.0 Å². The van der Waals surface area contributed by atoms with Crippen LogP contribution in [0.25, 0.3) is 0 Å². The number of aliphatic hydroxyl groups excluding tert-OH is 2. The van der Waals surface area contributed by atoms with Crippen molar-refractivity contribution in [2.45, 2.75) is 43.4 Å². The molecule has 1 aliphatic carbocycles. The van der Waals surface area contributed by atoms with Gasteiger partial charge in [0.2, 0.25) is 0 Å². The second-order valence-electron chi connectivity index (χ2n) is 5.28. The second-order valence-corrected chi connectivity index (χ2v) is 5.28. The summed E-state index contributed by atoms with van der Waals surface area (Å²) in [6, 6.07) is -0.295. The van der Waals surface area contributed by atoms with E-state index >= 15 is 0 Å². The highest BCUT2D eigenvalue weighted by atomic mass is 16.6. The topological polar surface area (TPSA) is 117 Å². The first-order chi connectivity index (χ1) is 9.40. The smallest absolute Gasteiger partial charge is 0.330 e. The molecule has 1 aromatic heterocycles. The zero-order valence-corrected chi connectivity index (χ0v) is 10.8. The largest absolute Gasteiger partial charge is 0.387 e. The Bertz CT molecular complexity index is 680. The van der Waals surface area contributed by atoms with Crippen molar-refractivity contribution in [3.63, 3.8) is 0 Å². The number of hydrogen-bond acceptors (Lipinski definition) is 6. The lowest BCUT2D eigenvalue weighted by Gasteiger charge is -2.17. The molecule has 0 bridgehead atoms. The monoisotopic (exact) mass is 281 g/mol. The minimum absolute atomic E-state index is 0.295. The third-order valence-corrected chi connectivity index (χ3v) is 4.01. The van der Waals surface area contributed by atoms with Crippen LogP contribution in [0.3, 0.4) is 0 Å².